The lowest BCUT2D eigenvalue weighted by atomic mass is 9.99. The Balaban J connectivity index is 5.24. The fraction of sp³-hybridized carbons (Fsp3) is 0.952. The minimum absolute atomic E-state index is 0.106. The summed E-state index contributed by atoms with van der Waals surface area (Å²) in [7, 11) is -9.93. The number of rotatable bonds is 82. The fourth-order valence-corrected chi connectivity index (χ4v) is 14.6. The Kier molecular flexibility index (Phi) is 72.8. The molecule has 19 heteroatoms. The molecule has 0 rings (SSSR count). The number of carbonyl (C=O) groups excluding carboxylic acids is 4. The van der Waals surface area contributed by atoms with Gasteiger partial charge >= 0.3 is 39.5 Å². The van der Waals surface area contributed by atoms with Gasteiger partial charge in [0, 0.05) is 25.7 Å². The molecule has 3 N–H and O–H groups in total. The maximum absolute atomic E-state index is 13.1. The van der Waals surface area contributed by atoms with Gasteiger partial charge in [0.2, 0.25) is 0 Å². The van der Waals surface area contributed by atoms with E-state index >= 15 is 0 Å². The molecule has 0 aromatic heterocycles. The first-order valence-corrected chi connectivity index (χ1v) is 46.4. The van der Waals surface area contributed by atoms with Crippen LogP contribution < -0.4 is 0 Å². The number of unbranched alkanes of at least 4 members (excludes halogenated alkanes) is 49. The standard InChI is InChI=1S/C84H164O17P2/c1-8-10-11-12-13-14-15-16-17-18-19-20-21-22-23-24-25-28-39-46-53-60-67-83(88)100-79(71-94-81(86)65-58-51-44-37-29-26-27-34-41-48-55-62-75(3)4)73-98-102(90,91)96-69-78(85)70-97-103(92,93)99-74-80(72-95-82(87)66-59-52-45-38-32-30-35-42-49-56-63-76(5)6)101-84(89)68-61-54-47-40-33-31-36-43-50-57-64-77(7)9-2/h75-80,85H,8-74H2,1-7H3,(H,90,91)(H,92,93)/t77?,78-,79-,80-/m1/s1. The summed E-state index contributed by atoms with van der Waals surface area (Å²) in [5.74, 6) is 0.224. The quantitative estimate of drug-likeness (QED) is 0.0222. The Bertz CT molecular complexity index is 1990. The van der Waals surface area contributed by atoms with Gasteiger partial charge in [-0.3, -0.25) is 37.3 Å². The molecule has 0 aromatic rings. The van der Waals surface area contributed by atoms with Gasteiger partial charge in [0.05, 0.1) is 26.4 Å². The predicted octanol–water partition coefficient (Wildman–Crippen LogP) is 25.3. The van der Waals surface area contributed by atoms with Gasteiger partial charge in [-0.1, -0.05) is 389 Å². The third-order valence-corrected chi connectivity index (χ3v) is 21.9. The smallest absolute Gasteiger partial charge is 0.462 e. The van der Waals surface area contributed by atoms with E-state index in [-0.39, 0.29) is 25.7 Å². The number of aliphatic hydroxyl groups is 1. The van der Waals surface area contributed by atoms with Crippen LogP contribution in [0.3, 0.4) is 0 Å². The Morgan fingerprint density at radius 3 is 0.738 bits per heavy atom. The highest BCUT2D eigenvalue weighted by Crippen LogP contribution is 2.45. The molecule has 0 heterocycles. The summed E-state index contributed by atoms with van der Waals surface area (Å²) >= 11 is 0. The molecule has 103 heavy (non-hydrogen) atoms. The Morgan fingerprint density at radius 2 is 0.495 bits per heavy atom. The summed E-state index contributed by atoms with van der Waals surface area (Å²) in [6.07, 6.45) is 63.8. The van der Waals surface area contributed by atoms with Crippen LogP contribution in [-0.4, -0.2) is 96.7 Å². The maximum atomic E-state index is 13.1. The molecule has 6 atom stereocenters. The van der Waals surface area contributed by atoms with Crippen LogP contribution in [0, 0.1) is 17.8 Å². The van der Waals surface area contributed by atoms with E-state index in [2.05, 4.69) is 48.5 Å². The molecule has 0 aliphatic heterocycles. The zero-order chi connectivity index (χ0) is 75.8. The maximum Gasteiger partial charge on any atom is 0.472 e. The van der Waals surface area contributed by atoms with E-state index in [1.54, 1.807) is 0 Å². The molecular formula is C84H164O17P2. The van der Waals surface area contributed by atoms with Crippen molar-refractivity contribution >= 4 is 39.5 Å². The number of phosphoric ester groups is 2. The van der Waals surface area contributed by atoms with Crippen molar-refractivity contribution in [3.63, 3.8) is 0 Å². The molecule has 0 saturated heterocycles. The van der Waals surface area contributed by atoms with Crippen LogP contribution in [0.25, 0.3) is 0 Å². The molecule has 0 radical (unpaired) electrons. The van der Waals surface area contributed by atoms with E-state index in [1.807, 2.05) is 0 Å². The van der Waals surface area contributed by atoms with Gasteiger partial charge in [0.15, 0.2) is 12.2 Å². The molecular weight excluding hydrogens is 1340 g/mol. The van der Waals surface area contributed by atoms with Crippen LogP contribution in [0.1, 0.15) is 440 Å². The van der Waals surface area contributed by atoms with Gasteiger partial charge in [-0.15, -0.1) is 0 Å². The molecule has 0 spiro atoms. The zero-order valence-electron chi connectivity index (χ0n) is 67.8. The van der Waals surface area contributed by atoms with Crippen molar-refractivity contribution in [3.05, 3.63) is 0 Å². The van der Waals surface area contributed by atoms with E-state index < -0.39 is 97.5 Å². The second-order valence-corrected chi connectivity index (χ2v) is 34.3. The van der Waals surface area contributed by atoms with E-state index in [1.165, 1.54) is 250 Å². The molecule has 0 amide bonds. The average molecular weight is 1510 g/mol. The van der Waals surface area contributed by atoms with Crippen LogP contribution in [0.5, 0.6) is 0 Å². The number of esters is 4. The Hall–Kier alpha value is -1.94. The van der Waals surface area contributed by atoms with Gasteiger partial charge in [0.25, 0.3) is 0 Å². The molecule has 612 valence electrons. The first-order chi connectivity index (χ1) is 49.8. The van der Waals surface area contributed by atoms with Crippen molar-refractivity contribution in [3.8, 4) is 0 Å². The van der Waals surface area contributed by atoms with Crippen LogP contribution in [0.2, 0.25) is 0 Å². The van der Waals surface area contributed by atoms with Crippen molar-refractivity contribution < 1.29 is 80.2 Å². The number of carbonyl (C=O) groups is 4. The highest BCUT2D eigenvalue weighted by atomic mass is 31.2. The molecule has 0 aromatic carbocycles. The summed E-state index contributed by atoms with van der Waals surface area (Å²) in [6.45, 7) is 12.0. The lowest BCUT2D eigenvalue weighted by Crippen LogP contribution is -2.30. The minimum Gasteiger partial charge on any atom is -0.462 e. The molecule has 0 fully saturated rings. The van der Waals surface area contributed by atoms with Gasteiger partial charge in [-0.05, 0) is 43.4 Å². The SMILES string of the molecule is CCCCCCCCCCCCCCCCCCCCCCCCC(=O)O[C@H](COC(=O)CCCCCCCCCCCCCC(C)C)COP(=O)(O)OC[C@@H](O)COP(=O)(O)OC[C@@H](COC(=O)CCCCCCCCCCCCC(C)C)OC(=O)CCCCCCCCCCCCC(C)CC. The van der Waals surface area contributed by atoms with Gasteiger partial charge in [0.1, 0.15) is 19.3 Å². The summed E-state index contributed by atoms with van der Waals surface area (Å²) in [6, 6.07) is 0. The minimum atomic E-state index is -4.96. The van der Waals surface area contributed by atoms with Crippen molar-refractivity contribution in [2.24, 2.45) is 17.8 Å². The molecule has 0 aliphatic rings. The molecule has 0 saturated carbocycles. The average Bonchev–Trinajstić information content (AvgIpc) is 0.990. The zero-order valence-corrected chi connectivity index (χ0v) is 69.6. The fourth-order valence-electron chi connectivity index (χ4n) is 13.0. The first kappa shape index (κ1) is 101. The van der Waals surface area contributed by atoms with Crippen LogP contribution in [0.15, 0.2) is 0 Å². The second kappa shape index (κ2) is 74.2. The third kappa shape index (κ3) is 76.6. The number of aliphatic hydroxyl groups excluding tert-OH is 1. The van der Waals surface area contributed by atoms with Gasteiger partial charge in [-0.25, -0.2) is 9.13 Å². The second-order valence-electron chi connectivity index (χ2n) is 31.4. The van der Waals surface area contributed by atoms with Crippen molar-refractivity contribution in [2.75, 3.05) is 39.6 Å². The van der Waals surface area contributed by atoms with Crippen molar-refractivity contribution in [2.45, 2.75) is 458 Å². The summed E-state index contributed by atoms with van der Waals surface area (Å²) < 4.78 is 68.8. The number of phosphoric acid groups is 2. The molecule has 3 unspecified atom stereocenters. The summed E-state index contributed by atoms with van der Waals surface area (Å²) in [5, 5.41) is 10.7. The van der Waals surface area contributed by atoms with Gasteiger partial charge in [-0.2, -0.15) is 0 Å². The lowest BCUT2D eigenvalue weighted by Gasteiger charge is -2.21. The normalized spacial score (nSPS) is 14.2. The number of hydrogen-bond donors (Lipinski definition) is 3. The molecule has 0 bridgehead atoms. The Labute approximate surface area is 632 Å². The highest BCUT2D eigenvalue weighted by Gasteiger charge is 2.30. The van der Waals surface area contributed by atoms with Crippen LogP contribution >= 0.6 is 15.6 Å². The number of ether oxygens (including phenoxy) is 4. The first-order valence-electron chi connectivity index (χ1n) is 43.4. The number of hydrogen-bond acceptors (Lipinski definition) is 15. The molecule has 17 nitrogen and oxygen atoms in total. The third-order valence-electron chi connectivity index (χ3n) is 20.0. The van der Waals surface area contributed by atoms with E-state index in [4.69, 9.17) is 37.0 Å². The Morgan fingerprint density at radius 1 is 0.282 bits per heavy atom. The highest BCUT2D eigenvalue weighted by molar-refractivity contribution is 7.47. The monoisotopic (exact) mass is 1510 g/mol. The predicted molar refractivity (Wildman–Crippen MR) is 423 cm³/mol. The van der Waals surface area contributed by atoms with E-state index in [0.29, 0.717) is 25.7 Å². The molecule has 0 aliphatic carbocycles. The largest absolute Gasteiger partial charge is 0.472 e. The van der Waals surface area contributed by atoms with E-state index in [9.17, 15) is 43.2 Å². The van der Waals surface area contributed by atoms with Crippen LogP contribution in [-0.2, 0) is 65.4 Å². The van der Waals surface area contributed by atoms with Crippen LogP contribution in [0.4, 0.5) is 0 Å². The topological polar surface area (TPSA) is 237 Å². The summed E-state index contributed by atoms with van der Waals surface area (Å²) in [4.78, 5) is 73.2. The summed E-state index contributed by atoms with van der Waals surface area (Å²) in [5.41, 5.74) is 0. The lowest BCUT2D eigenvalue weighted by molar-refractivity contribution is -0.161. The van der Waals surface area contributed by atoms with E-state index in [0.717, 1.165) is 108 Å². The van der Waals surface area contributed by atoms with Gasteiger partial charge < -0.3 is 33.8 Å². The van der Waals surface area contributed by atoms with Crippen molar-refractivity contribution in [1.29, 1.82) is 0 Å². The van der Waals surface area contributed by atoms with Crippen molar-refractivity contribution in [1.82, 2.24) is 0 Å².